The predicted molar refractivity (Wildman–Crippen MR) is 52.9 cm³/mol. The van der Waals surface area contributed by atoms with E-state index < -0.39 is 11.1 Å². The predicted octanol–water partition coefficient (Wildman–Crippen LogP) is 2.07. The molecule has 3 nitrogen and oxygen atoms in total. The van der Waals surface area contributed by atoms with Crippen molar-refractivity contribution in [3.8, 4) is 0 Å². The van der Waals surface area contributed by atoms with Crippen LogP contribution < -0.4 is 4.84 Å². The number of hydrogen-bond donors (Lipinski definition) is 2. The molecule has 2 N–H and O–H groups in total. The lowest BCUT2D eigenvalue weighted by Crippen LogP contribution is -2.09. The van der Waals surface area contributed by atoms with E-state index in [2.05, 4.69) is 4.84 Å². The van der Waals surface area contributed by atoms with Crippen LogP contribution >= 0.6 is 11.8 Å². The molecule has 5 heteroatoms. The molecule has 0 spiro atoms. The van der Waals surface area contributed by atoms with Crippen LogP contribution in [-0.2, 0) is 11.1 Å². The maximum absolute atomic E-state index is 10.9. The number of halogens is 1. The number of hydrogen-bond acceptors (Lipinski definition) is 2. The van der Waals surface area contributed by atoms with Gasteiger partial charge in [0.2, 0.25) is 0 Å². The average Bonchev–Trinajstić information content (AvgIpc) is 2.16. The van der Waals surface area contributed by atoms with Gasteiger partial charge in [-0.2, -0.15) is 0 Å². The summed E-state index contributed by atoms with van der Waals surface area (Å²) in [6, 6.07) is 6.75. The molecule has 2 unspecified atom stereocenters. The van der Waals surface area contributed by atoms with Crippen LogP contribution in [0, 0.1) is 0 Å². The minimum absolute atomic E-state index is 0.144. The summed E-state index contributed by atoms with van der Waals surface area (Å²) in [5, 5.41) is 0. The van der Waals surface area contributed by atoms with Crippen molar-refractivity contribution in [1.82, 2.24) is 4.84 Å². The van der Waals surface area contributed by atoms with Gasteiger partial charge in [0.05, 0.1) is 4.90 Å². The molecule has 72 valence electrons. The largest absolute Gasteiger partial charge is 0.302 e. The second kappa shape index (κ2) is 4.72. The lowest BCUT2D eigenvalue weighted by molar-refractivity contribution is 0.561. The molecular formula is C8H10ClNO2S. The number of benzene rings is 1. The SMILES string of the molecule is CC(NCl)c1ccccc1S(=O)O. The molecule has 0 saturated carbocycles. The van der Waals surface area contributed by atoms with E-state index in [1.807, 2.05) is 6.92 Å². The van der Waals surface area contributed by atoms with E-state index in [0.29, 0.717) is 4.90 Å². The Balaban J connectivity index is 3.11. The van der Waals surface area contributed by atoms with Gasteiger partial charge in [0.1, 0.15) is 0 Å². The van der Waals surface area contributed by atoms with Gasteiger partial charge in [0.15, 0.2) is 11.1 Å². The minimum atomic E-state index is -1.96. The number of nitrogens with one attached hydrogen (secondary N) is 1. The minimum Gasteiger partial charge on any atom is -0.302 e. The molecule has 0 radical (unpaired) electrons. The third kappa shape index (κ3) is 2.51. The summed E-state index contributed by atoms with van der Waals surface area (Å²) < 4.78 is 19.8. The van der Waals surface area contributed by atoms with Crippen molar-refractivity contribution < 1.29 is 8.76 Å². The van der Waals surface area contributed by atoms with Crippen molar-refractivity contribution in [2.75, 3.05) is 0 Å². The van der Waals surface area contributed by atoms with Crippen molar-refractivity contribution in [3.05, 3.63) is 29.8 Å². The van der Waals surface area contributed by atoms with E-state index in [-0.39, 0.29) is 6.04 Å². The zero-order chi connectivity index (χ0) is 9.84. The molecule has 0 aliphatic carbocycles. The Morgan fingerprint density at radius 1 is 1.54 bits per heavy atom. The highest BCUT2D eigenvalue weighted by molar-refractivity contribution is 7.79. The average molecular weight is 220 g/mol. The summed E-state index contributed by atoms with van der Waals surface area (Å²) in [5.74, 6) is 0. The van der Waals surface area contributed by atoms with Gasteiger partial charge in [-0.05, 0) is 30.3 Å². The van der Waals surface area contributed by atoms with Crippen molar-refractivity contribution in [2.24, 2.45) is 0 Å². The molecule has 1 rings (SSSR count). The van der Waals surface area contributed by atoms with Gasteiger partial charge in [-0.3, -0.25) is 0 Å². The van der Waals surface area contributed by atoms with E-state index in [4.69, 9.17) is 16.3 Å². The van der Waals surface area contributed by atoms with Gasteiger partial charge < -0.3 is 4.55 Å². The second-order valence-corrected chi connectivity index (χ2v) is 3.77. The molecule has 0 aliphatic heterocycles. The standard InChI is InChI=1S/C8H10ClNO2S/c1-6(10-9)7-4-2-3-5-8(7)13(11)12/h2-6,10H,1H3,(H,11,12). The highest BCUT2D eigenvalue weighted by Gasteiger charge is 2.11. The van der Waals surface area contributed by atoms with Crippen LogP contribution in [0.5, 0.6) is 0 Å². The maximum Gasteiger partial charge on any atom is 0.186 e. The molecule has 2 atom stereocenters. The molecule has 0 aliphatic rings. The molecule has 0 bridgehead atoms. The van der Waals surface area contributed by atoms with E-state index in [0.717, 1.165) is 5.56 Å². The van der Waals surface area contributed by atoms with Crippen LogP contribution in [0.3, 0.4) is 0 Å². The molecule has 0 fully saturated rings. The Labute approximate surface area is 84.5 Å². The van der Waals surface area contributed by atoms with E-state index in [9.17, 15) is 4.21 Å². The second-order valence-electron chi connectivity index (χ2n) is 2.62. The first-order chi connectivity index (χ1) is 6.16. The Hall–Kier alpha value is -0.420. The van der Waals surface area contributed by atoms with Crippen LogP contribution in [0.15, 0.2) is 29.2 Å². The summed E-state index contributed by atoms with van der Waals surface area (Å²) in [4.78, 5) is 2.89. The topological polar surface area (TPSA) is 49.3 Å². The van der Waals surface area contributed by atoms with Crippen molar-refractivity contribution in [3.63, 3.8) is 0 Å². The summed E-state index contributed by atoms with van der Waals surface area (Å²) in [6.45, 7) is 1.82. The first-order valence-corrected chi connectivity index (χ1v) is 5.21. The van der Waals surface area contributed by atoms with E-state index in [1.165, 1.54) is 0 Å². The summed E-state index contributed by atoms with van der Waals surface area (Å²) >= 11 is 3.47. The third-order valence-electron chi connectivity index (χ3n) is 1.74. The molecule has 13 heavy (non-hydrogen) atoms. The fourth-order valence-corrected chi connectivity index (χ4v) is 1.82. The number of rotatable bonds is 3. The van der Waals surface area contributed by atoms with Crippen molar-refractivity contribution in [2.45, 2.75) is 17.9 Å². The summed E-state index contributed by atoms with van der Waals surface area (Å²) in [6.07, 6.45) is 0. The Kier molecular flexibility index (Phi) is 3.87. The molecule has 0 heterocycles. The van der Waals surface area contributed by atoms with Gasteiger partial charge in [0, 0.05) is 6.04 Å². The maximum atomic E-state index is 10.9. The zero-order valence-electron chi connectivity index (χ0n) is 7.03. The summed E-state index contributed by atoms with van der Waals surface area (Å²) in [5.41, 5.74) is 0.735. The first-order valence-electron chi connectivity index (χ1n) is 3.72. The van der Waals surface area contributed by atoms with Crippen molar-refractivity contribution in [1.29, 1.82) is 0 Å². The Morgan fingerprint density at radius 3 is 2.69 bits per heavy atom. The lowest BCUT2D eigenvalue weighted by Gasteiger charge is -2.11. The normalized spacial score (nSPS) is 15.3. The van der Waals surface area contributed by atoms with Crippen LogP contribution in [0.2, 0.25) is 0 Å². The molecule has 0 amide bonds. The van der Waals surface area contributed by atoms with E-state index in [1.54, 1.807) is 24.3 Å². The third-order valence-corrected chi connectivity index (χ3v) is 2.81. The quantitative estimate of drug-likeness (QED) is 0.605. The highest BCUT2D eigenvalue weighted by atomic mass is 35.5. The van der Waals surface area contributed by atoms with Crippen LogP contribution in [-0.4, -0.2) is 8.76 Å². The van der Waals surface area contributed by atoms with Gasteiger partial charge in [-0.25, -0.2) is 9.04 Å². The fourth-order valence-electron chi connectivity index (χ4n) is 1.06. The van der Waals surface area contributed by atoms with Gasteiger partial charge in [-0.1, -0.05) is 18.2 Å². The monoisotopic (exact) mass is 219 g/mol. The Morgan fingerprint density at radius 2 is 2.15 bits per heavy atom. The van der Waals surface area contributed by atoms with Gasteiger partial charge in [-0.15, -0.1) is 0 Å². The van der Waals surface area contributed by atoms with Gasteiger partial charge in [0.25, 0.3) is 0 Å². The molecule has 0 aromatic heterocycles. The van der Waals surface area contributed by atoms with Crippen LogP contribution in [0.25, 0.3) is 0 Å². The molecule has 1 aromatic carbocycles. The molecular weight excluding hydrogens is 210 g/mol. The van der Waals surface area contributed by atoms with Gasteiger partial charge >= 0.3 is 0 Å². The fraction of sp³-hybridized carbons (Fsp3) is 0.250. The van der Waals surface area contributed by atoms with Crippen LogP contribution in [0.1, 0.15) is 18.5 Å². The first kappa shape index (κ1) is 10.7. The Bertz CT molecular complexity index is 319. The highest BCUT2D eigenvalue weighted by Crippen LogP contribution is 2.20. The summed E-state index contributed by atoms with van der Waals surface area (Å²) in [7, 11) is 0. The zero-order valence-corrected chi connectivity index (χ0v) is 8.60. The lowest BCUT2D eigenvalue weighted by atomic mass is 10.1. The van der Waals surface area contributed by atoms with E-state index >= 15 is 0 Å². The molecule has 1 aromatic rings. The molecule has 0 saturated heterocycles. The smallest absolute Gasteiger partial charge is 0.186 e. The van der Waals surface area contributed by atoms with Crippen molar-refractivity contribution >= 4 is 22.9 Å². The van der Waals surface area contributed by atoms with Crippen LogP contribution in [0.4, 0.5) is 0 Å².